The fraction of sp³-hybridized carbons (Fsp3) is 0.278. The highest BCUT2D eigenvalue weighted by Crippen LogP contribution is 2.27. The molecular formula is C18H18N4OS. The van der Waals surface area contributed by atoms with E-state index in [9.17, 15) is 4.79 Å². The van der Waals surface area contributed by atoms with E-state index in [0.717, 1.165) is 52.8 Å². The number of hydrogen-bond donors (Lipinski definition) is 0. The van der Waals surface area contributed by atoms with Crippen molar-refractivity contribution in [1.29, 1.82) is 0 Å². The number of carbonyl (C=O) groups is 1. The number of aromatic nitrogens is 2. The van der Waals surface area contributed by atoms with Gasteiger partial charge in [-0.05, 0) is 31.2 Å². The summed E-state index contributed by atoms with van der Waals surface area (Å²) in [6.07, 6.45) is 1.79. The summed E-state index contributed by atoms with van der Waals surface area (Å²) in [5.41, 5.74) is 2.82. The monoisotopic (exact) mass is 338 g/mol. The van der Waals surface area contributed by atoms with Crippen molar-refractivity contribution in [2.75, 3.05) is 31.1 Å². The normalized spacial score (nSPS) is 15.0. The molecule has 5 nitrogen and oxygen atoms in total. The molecule has 0 unspecified atom stereocenters. The predicted molar refractivity (Wildman–Crippen MR) is 96.7 cm³/mol. The summed E-state index contributed by atoms with van der Waals surface area (Å²) in [5.74, 6) is 0.115. The third-order valence-corrected chi connectivity index (χ3v) is 5.30. The lowest BCUT2D eigenvalue weighted by molar-refractivity contribution is 0.0746. The van der Waals surface area contributed by atoms with E-state index in [4.69, 9.17) is 0 Å². The van der Waals surface area contributed by atoms with Gasteiger partial charge in [0.2, 0.25) is 0 Å². The fourth-order valence-corrected chi connectivity index (χ4v) is 3.92. The first kappa shape index (κ1) is 15.1. The Kier molecular flexibility index (Phi) is 3.90. The van der Waals surface area contributed by atoms with Gasteiger partial charge < -0.3 is 9.80 Å². The van der Waals surface area contributed by atoms with Crippen LogP contribution in [0.3, 0.4) is 0 Å². The van der Waals surface area contributed by atoms with E-state index in [-0.39, 0.29) is 5.91 Å². The van der Waals surface area contributed by atoms with Crippen molar-refractivity contribution >= 4 is 32.7 Å². The SMILES string of the molecule is Cc1cccc(C(=O)N2CCN(c3nc4cccnc4s3)CC2)c1. The van der Waals surface area contributed by atoms with Gasteiger partial charge in [-0.1, -0.05) is 29.0 Å². The number of pyridine rings is 1. The summed E-state index contributed by atoms with van der Waals surface area (Å²) >= 11 is 1.61. The van der Waals surface area contributed by atoms with Crippen molar-refractivity contribution < 1.29 is 4.79 Å². The Balaban J connectivity index is 1.45. The second kappa shape index (κ2) is 6.20. The Morgan fingerprint density at radius 2 is 1.96 bits per heavy atom. The van der Waals surface area contributed by atoms with Gasteiger partial charge in [-0.15, -0.1) is 0 Å². The van der Waals surface area contributed by atoms with Crippen LogP contribution in [0.4, 0.5) is 5.13 Å². The molecule has 2 aromatic heterocycles. The molecule has 24 heavy (non-hydrogen) atoms. The van der Waals surface area contributed by atoms with Crippen LogP contribution in [0.25, 0.3) is 10.3 Å². The summed E-state index contributed by atoms with van der Waals surface area (Å²) in [4.78, 5) is 26.8. The maximum absolute atomic E-state index is 12.6. The number of piperazine rings is 1. The molecule has 6 heteroatoms. The number of carbonyl (C=O) groups excluding carboxylic acids is 1. The summed E-state index contributed by atoms with van der Waals surface area (Å²) in [7, 11) is 0. The van der Waals surface area contributed by atoms with Crippen LogP contribution in [0.15, 0.2) is 42.6 Å². The average molecular weight is 338 g/mol. The number of thiazole rings is 1. The first-order chi connectivity index (χ1) is 11.7. The van der Waals surface area contributed by atoms with E-state index in [1.807, 2.05) is 48.2 Å². The van der Waals surface area contributed by atoms with E-state index in [1.54, 1.807) is 17.5 Å². The molecular weight excluding hydrogens is 320 g/mol. The lowest BCUT2D eigenvalue weighted by atomic mass is 10.1. The highest BCUT2D eigenvalue weighted by molar-refractivity contribution is 7.21. The Morgan fingerprint density at radius 1 is 1.12 bits per heavy atom. The fourth-order valence-electron chi connectivity index (χ4n) is 2.96. The molecule has 0 bridgehead atoms. The zero-order chi connectivity index (χ0) is 16.5. The van der Waals surface area contributed by atoms with E-state index >= 15 is 0 Å². The molecule has 1 aliphatic heterocycles. The van der Waals surface area contributed by atoms with Gasteiger partial charge in [0.1, 0.15) is 10.3 Å². The smallest absolute Gasteiger partial charge is 0.253 e. The Hall–Kier alpha value is -2.47. The van der Waals surface area contributed by atoms with Crippen LogP contribution in [-0.4, -0.2) is 47.0 Å². The predicted octanol–water partition coefficient (Wildman–Crippen LogP) is 2.96. The molecule has 0 N–H and O–H groups in total. The lowest BCUT2D eigenvalue weighted by Crippen LogP contribution is -2.48. The first-order valence-corrected chi connectivity index (χ1v) is 8.85. The quantitative estimate of drug-likeness (QED) is 0.721. The van der Waals surface area contributed by atoms with Crippen molar-refractivity contribution in [3.8, 4) is 0 Å². The van der Waals surface area contributed by atoms with Crippen molar-refractivity contribution in [2.24, 2.45) is 0 Å². The molecule has 0 saturated carbocycles. The van der Waals surface area contributed by atoms with E-state index < -0.39 is 0 Å². The molecule has 0 atom stereocenters. The average Bonchev–Trinajstić information content (AvgIpc) is 3.05. The van der Waals surface area contributed by atoms with E-state index in [0.29, 0.717) is 0 Å². The van der Waals surface area contributed by atoms with Crippen LogP contribution in [-0.2, 0) is 0 Å². The minimum Gasteiger partial charge on any atom is -0.344 e. The van der Waals surface area contributed by atoms with Gasteiger partial charge in [0, 0.05) is 37.9 Å². The number of nitrogens with zero attached hydrogens (tertiary/aromatic N) is 4. The topological polar surface area (TPSA) is 49.3 Å². The Morgan fingerprint density at radius 3 is 2.71 bits per heavy atom. The van der Waals surface area contributed by atoms with Crippen molar-refractivity contribution in [1.82, 2.24) is 14.9 Å². The summed E-state index contributed by atoms with van der Waals surface area (Å²) < 4.78 is 0. The number of hydrogen-bond acceptors (Lipinski definition) is 5. The largest absolute Gasteiger partial charge is 0.344 e. The third kappa shape index (κ3) is 2.85. The second-order valence-corrected chi connectivity index (χ2v) is 6.93. The van der Waals surface area contributed by atoms with Gasteiger partial charge in [-0.25, -0.2) is 9.97 Å². The molecule has 122 valence electrons. The van der Waals surface area contributed by atoms with Crippen molar-refractivity contribution in [3.63, 3.8) is 0 Å². The molecule has 1 aliphatic rings. The van der Waals surface area contributed by atoms with Gasteiger partial charge >= 0.3 is 0 Å². The van der Waals surface area contributed by atoms with Gasteiger partial charge in [-0.2, -0.15) is 0 Å². The van der Waals surface area contributed by atoms with Crippen LogP contribution in [0.1, 0.15) is 15.9 Å². The molecule has 1 amide bonds. The minimum atomic E-state index is 0.115. The van der Waals surface area contributed by atoms with E-state index in [2.05, 4.69) is 14.9 Å². The van der Waals surface area contributed by atoms with Crippen LogP contribution in [0, 0.1) is 6.92 Å². The highest BCUT2D eigenvalue weighted by atomic mass is 32.1. The molecule has 3 heterocycles. The summed E-state index contributed by atoms with van der Waals surface area (Å²) in [6.45, 7) is 5.05. The molecule has 1 saturated heterocycles. The van der Waals surface area contributed by atoms with Gasteiger partial charge in [-0.3, -0.25) is 4.79 Å². The summed E-state index contributed by atoms with van der Waals surface area (Å²) in [5, 5.41) is 0.992. The maximum atomic E-state index is 12.6. The number of rotatable bonds is 2. The number of amides is 1. The number of fused-ring (bicyclic) bond motifs is 1. The molecule has 0 radical (unpaired) electrons. The molecule has 3 aromatic rings. The van der Waals surface area contributed by atoms with Crippen LogP contribution < -0.4 is 4.90 Å². The minimum absolute atomic E-state index is 0.115. The van der Waals surface area contributed by atoms with Crippen molar-refractivity contribution in [2.45, 2.75) is 6.92 Å². The summed E-state index contributed by atoms with van der Waals surface area (Å²) in [6, 6.07) is 11.7. The molecule has 1 fully saturated rings. The van der Waals surface area contributed by atoms with Crippen LogP contribution in [0.5, 0.6) is 0 Å². The zero-order valence-corrected chi connectivity index (χ0v) is 14.3. The number of aryl methyl sites for hydroxylation is 1. The Labute approximate surface area is 144 Å². The highest BCUT2D eigenvalue weighted by Gasteiger charge is 2.24. The number of anilines is 1. The lowest BCUT2D eigenvalue weighted by Gasteiger charge is -2.34. The number of benzene rings is 1. The Bertz CT molecular complexity index is 850. The molecule has 4 rings (SSSR count). The van der Waals surface area contributed by atoms with E-state index in [1.165, 1.54) is 0 Å². The molecule has 0 spiro atoms. The maximum Gasteiger partial charge on any atom is 0.253 e. The van der Waals surface area contributed by atoms with Gasteiger partial charge in [0.15, 0.2) is 5.13 Å². The standard InChI is InChI=1S/C18H18N4OS/c1-13-4-2-5-14(12-13)17(23)21-8-10-22(11-9-21)18-20-15-6-3-7-19-16(15)24-18/h2-7,12H,8-11H2,1H3. The third-order valence-electron chi connectivity index (χ3n) is 4.26. The van der Waals surface area contributed by atoms with Crippen LogP contribution in [0.2, 0.25) is 0 Å². The molecule has 0 aliphatic carbocycles. The zero-order valence-electron chi connectivity index (χ0n) is 13.5. The second-order valence-electron chi connectivity index (χ2n) is 5.97. The van der Waals surface area contributed by atoms with Gasteiger partial charge in [0.25, 0.3) is 5.91 Å². The van der Waals surface area contributed by atoms with Gasteiger partial charge in [0.05, 0.1) is 0 Å². The molecule has 1 aromatic carbocycles. The first-order valence-electron chi connectivity index (χ1n) is 8.03. The van der Waals surface area contributed by atoms with Crippen LogP contribution >= 0.6 is 11.3 Å². The van der Waals surface area contributed by atoms with Crippen molar-refractivity contribution in [3.05, 3.63) is 53.7 Å².